The Bertz CT molecular complexity index is 1080. The van der Waals surface area contributed by atoms with Crippen molar-refractivity contribution >= 4 is 12.2 Å². The third kappa shape index (κ3) is 3.93. The summed E-state index contributed by atoms with van der Waals surface area (Å²) in [6, 6.07) is 15.7. The molecule has 0 saturated carbocycles. The zero-order valence-corrected chi connectivity index (χ0v) is 15.6. The normalized spacial score (nSPS) is 11.1. The van der Waals surface area contributed by atoms with Crippen molar-refractivity contribution in [3.63, 3.8) is 0 Å². The topological polar surface area (TPSA) is 80.9 Å². The molecule has 28 heavy (non-hydrogen) atoms. The highest BCUT2D eigenvalue weighted by atomic mass is 15.3. The van der Waals surface area contributed by atoms with Gasteiger partial charge in [-0.25, -0.2) is 20.1 Å². The Morgan fingerprint density at radius 2 is 1.79 bits per heavy atom. The second kappa shape index (κ2) is 7.79. The maximum atomic E-state index is 4.73. The Kier molecular flexibility index (Phi) is 4.88. The smallest absolute Gasteiger partial charge is 0.243 e. The molecule has 0 saturated heterocycles. The molecule has 0 aliphatic rings. The number of hydrazone groups is 1. The summed E-state index contributed by atoms with van der Waals surface area (Å²) in [4.78, 5) is 12.9. The fourth-order valence-corrected chi connectivity index (χ4v) is 2.86. The van der Waals surface area contributed by atoms with E-state index in [1.54, 1.807) is 18.6 Å². The summed E-state index contributed by atoms with van der Waals surface area (Å²) in [5.41, 5.74) is 8.21. The number of nitrogens with one attached hydrogen (secondary N) is 1. The van der Waals surface area contributed by atoms with Crippen LogP contribution in [0.2, 0.25) is 0 Å². The van der Waals surface area contributed by atoms with Gasteiger partial charge in [0.15, 0.2) is 0 Å². The average Bonchev–Trinajstić information content (AvgIpc) is 3.13. The standard InChI is InChI=1S/C21H19N7/c1-15-11-16(2)25-21(24-15)26-23-13-18-14-28(19-8-4-3-5-9-19)27-20(18)17-7-6-10-22-12-17/h3-14H,1-2H3,(H,24,25,26). The maximum Gasteiger partial charge on any atom is 0.243 e. The summed E-state index contributed by atoms with van der Waals surface area (Å²) in [6.07, 6.45) is 7.18. The van der Waals surface area contributed by atoms with Crippen LogP contribution in [0.5, 0.6) is 0 Å². The number of nitrogens with zero attached hydrogens (tertiary/aromatic N) is 6. The summed E-state index contributed by atoms with van der Waals surface area (Å²) in [5, 5.41) is 9.04. The van der Waals surface area contributed by atoms with Crippen LogP contribution in [0, 0.1) is 13.8 Å². The monoisotopic (exact) mass is 369 g/mol. The predicted molar refractivity (Wildman–Crippen MR) is 110 cm³/mol. The second-order valence-electron chi connectivity index (χ2n) is 6.30. The summed E-state index contributed by atoms with van der Waals surface area (Å²) in [7, 11) is 0. The van der Waals surface area contributed by atoms with Crippen molar-refractivity contribution < 1.29 is 0 Å². The van der Waals surface area contributed by atoms with Gasteiger partial charge in [0.25, 0.3) is 0 Å². The Balaban J connectivity index is 1.67. The number of anilines is 1. The fraction of sp³-hybridized carbons (Fsp3) is 0.0952. The van der Waals surface area contributed by atoms with Gasteiger partial charge in [-0.1, -0.05) is 18.2 Å². The molecular formula is C21H19N7. The first-order valence-corrected chi connectivity index (χ1v) is 8.86. The highest BCUT2D eigenvalue weighted by Gasteiger charge is 2.11. The van der Waals surface area contributed by atoms with E-state index in [1.807, 2.05) is 73.3 Å². The lowest BCUT2D eigenvalue weighted by Crippen LogP contribution is -1.99. The number of pyridine rings is 1. The van der Waals surface area contributed by atoms with Crippen molar-refractivity contribution in [3.8, 4) is 16.9 Å². The van der Waals surface area contributed by atoms with Gasteiger partial charge in [-0.2, -0.15) is 10.2 Å². The molecule has 0 bridgehead atoms. The molecule has 0 aliphatic heterocycles. The molecule has 4 rings (SSSR count). The van der Waals surface area contributed by atoms with Crippen LogP contribution in [0.3, 0.4) is 0 Å². The molecule has 0 atom stereocenters. The molecule has 138 valence electrons. The Morgan fingerprint density at radius 3 is 2.50 bits per heavy atom. The maximum absolute atomic E-state index is 4.73. The van der Waals surface area contributed by atoms with E-state index in [0.717, 1.165) is 33.9 Å². The van der Waals surface area contributed by atoms with Crippen LogP contribution in [-0.4, -0.2) is 30.9 Å². The van der Waals surface area contributed by atoms with Crippen LogP contribution in [0.15, 0.2) is 72.2 Å². The van der Waals surface area contributed by atoms with E-state index in [2.05, 4.69) is 25.5 Å². The number of aryl methyl sites for hydroxylation is 2. The number of hydrogen-bond acceptors (Lipinski definition) is 6. The fourth-order valence-electron chi connectivity index (χ4n) is 2.86. The molecule has 1 N–H and O–H groups in total. The average molecular weight is 369 g/mol. The molecule has 0 aliphatic carbocycles. The summed E-state index contributed by atoms with van der Waals surface area (Å²) >= 11 is 0. The lowest BCUT2D eigenvalue weighted by atomic mass is 10.1. The first-order chi connectivity index (χ1) is 13.7. The highest BCUT2D eigenvalue weighted by Crippen LogP contribution is 2.21. The van der Waals surface area contributed by atoms with Crippen molar-refractivity contribution in [3.05, 3.63) is 84.1 Å². The second-order valence-corrected chi connectivity index (χ2v) is 6.30. The minimum Gasteiger partial charge on any atom is -0.264 e. The van der Waals surface area contributed by atoms with Crippen LogP contribution in [0.4, 0.5) is 5.95 Å². The molecule has 0 fully saturated rings. The van der Waals surface area contributed by atoms with Crippen molar-refractivity contribution in [2.75, 3.05) is 5.43 Å². The minimum absolute atomic E-state index is 0.465. The number of aromatic nitrogens is 5. The van der Waals surface area contributed by atoms with Crippen molar-refractivity contribution in [1.82, 2.24) is 24.7 Å². The van der Waals surface area contributed by atoms with Crippen molar-refractivity contribution in [2.24, 2.45) is 5.10 Å². The van der Waals surface area contributed by atoms with Gasteiger partial charge in [-0.05, 0) is 44.2 Å². The summed E-state index contributed by atoms with van der Waals surface area (Å²) in [6.45, 7) is 3.85. The van der Waals surface area contributed by atoms with E-state index in [9.17, 15) is 0 Å². The van der Waals surface area contributed by atoms with E-state index in [1.165, 1.54) is 0 Å². The molecule has 7 nitrogen and oxygen atoms in total. The van der Waals surface area contributed by atoms with Gasteiger partial charge < -0.3 is 0 Å². The zero-order valence-electron chi connectivity index (χ0n) is 15.6. The van der Waals surface area contributed by atoms with Gasteiger partial charge in [0.1, 0.15) is 5.69 Å². The molecule has 0 amide bonds. The van der Waals surface area contributed by atoms with Crippen LogP contribution in [0.1, 0.15) is 17.0 Å². The van der Waals surface area contributed by atoms with Crippen LogP contribution >= 0.6 is 0 Å². The zero-order chi connectivity index (χ0) is 19.3. The first kappa shape index (κ1) is 17.5. The van der Waals surface area contributed by atoms with Gasteiger partial charge in [0, 0.05) is 41.1 Å². The molecule has 0 spiro atoms. The van der Waals surface area contributed by atoms with Gasteiger partial charge >= 0.3 is 0 Å². The Morgan fingerprint density at radius 1 is 1.00 bits per heavy atom. The summed E-state index contributed by atoms with van der Waals surface area (Å²) < 4.78 is 1.83. The number of rotatable bonds is 5. The molecular weight excluding hydrogens is 350 g/mol. The third-order valence-corrected chi connectivity index (χ3v) is 4.05. The third-order valence-electron chi connectivity index (χ3n) is 4.05. The SMILES string of the molecule is Cc1cc(C)nc(NN=Cc2cn(-c3ccccc3)nc2-c2cccnc2)n1. The van der Waals surface area contributed by atoms with Crippen molar-refractivity contribution in [2.45, 2.75) is 13.8 Å². The highest BCUT2D eigenvalue weighted by molar-refractivity contribution is 5.88. The van der Waals surface area contributed by atoms with Crippen molar-refractivity contribution in [1.29, 1.82) is 0 Å². The van der Waals surface area contributed by atoms with Gasteiger partial charge in [0.2, 0.25) is 5.95 Å². The Hall–Kier alpha value is -3.87. The van der Waals surface area contributed by atoms with Crippen LogP contribution < -0.4 is 5.43 Å². The van der Waals surface area contributed by atoms with Crippen LogP contribution in [-0.2, 0) is 0 Å². The van der Waals surface area contributed by atoms with E-state index in [0.29, 0.717) is 5.95 Å². The van der Waals surface area contributed by atoms with E-state index >= 15 is 0 Å². The molecule has 0 radical (unpaired) electrons. The Labute approximate surface area is 162 Å². The molecule has 1 aromatic carbocycles. The molecule has 7 heteroatoms. The first-order valence-electron chi connectivity index (χ1n) is 8.86. The van der Waals surface area contributed by atoms with E-state index in [-0.39, 0.29) is 0 Å². The lowest BCUT2D eigenvalue weighted by Gasteiger charge is -2.01. The molecule has 0 unspecified atom stereocenters. The molecule has 3 aromatic heterocycles. The largest absolute Gasteiger partial charge is 0.264 e. The van der Waals surface area contributed by atoms with E-state index in [4.69, 9.17) is 5.10 Å². The quantitative estimate of drug-likeness (QED) is 0.428. The predicted octanol–water partition coefficient (Wildman–Crippen LogP) is 3.79. The molecule has 4 aromatic rings. The van der Waals surface area contributed by atoms with Gasteiger partial charge in [0.05, 0.1) is 11.9 Å². The molecule has 3 heterocycles. The van der Waals surface area contributed by atoms with Gasteiger partial charge in [-0.3, -0.25) is 4.98 Å². The summed E-state index contributed by atoms with van der Waals surface area (Å²) in [5.74, 6) is 0.465. The number of hydrogen-bond donors (Lipinski definition) is 1. The van der Waals surface area contributed by atoms with Crippen LogP contribution in [0.25, 0.3) is 16.9 Å². The number of benzene rings is 1. The lowest BCUT2D eigenvalue weighted by molar-refractivity contribution is 0.884. The van der Waals surface area contributed by atoms with E-state index < -0.39 is 0 Å². The van der Waals surface area contributed by atoms with Gasteiger partial charge in [-0.15, -0.1) is 0 Å². The minimum atomic E-state index is 0.465. The number of para-hydroxylation sites is 1.